The highest BCUT2D eigenvalue weighted by atomic mass is 16.5. The number of hydrogen-bond acceptors (Lipinski definition) is 2. The molecule has 2 nitrogen and oxygen atoms in total. The van der Waals surface area contributed by atoms with Crippen LogP contribution in [0, 0.1) is 12.2 Å². The van der Waals surface area contributed by atoms with Gasteiger partial charge in [0.1, 0.15) is 6.61 Å². The average Bonchev–Trinajstić information content (AvgIpc) is 1.89. The second-order valence-electron chi connectivity index (χ2n) is 1.61. The fraction of sp³-hybridized carbons (Fsp3) is 0.714. The lowest BCUT2D eigenvalue weighted by Crippen LogP contribution is -1.85. The Kier molecular flexibility index (Phi) is 6.49. The summed E-state index contributed by atoms with van der Waals surface area (Å²) < 4.78 is 9.26. The van der Waals surface area contributed by atoms with Crippen LogP contribution in [0.3, 0.4) is 0 Å². The van der Waals surface area contributed by atoms with Gasteiger partial charge < -0.3 is 9.47 Å². The molecule has 2 heteroatoms. The van der Waals surface area contributed by atoms with Crippen LogP contribution in [0.15, 0.2) is 0 Å². The fourth-order valence-corrected chi connectivity index (χ4v) is 0.339. The summed E-state index contributed by atoms with van der Waals surface area (Å²) in [6.07, 6.45) is 6.92. The first kappa shape index (κ1) is 8.16. The van der Waals surface area contributed by atoms with Gasteiger partial charge in [0.05, 0.1) is 7.11 Å². The molecule has 9 heavy (non-hydrogen) atoms. The Morgan fingerprint density at radius 2 is 2.11 bits per heavy atom. The Balaban J connectivity index is 2.90. The first-order valence-corrected chi connectivity index (χ1v) is 3.06. The topological polar surface area (TPSA) is 18.5 Å². The number of hydrogen-bond donors (Lipinski definition) is 0. The van der Waals surface area contributed by atoms with Crippen LogP contribution in [0.4, 0.5) is 0 Å². The molecule has 0 atom stereocenters. The van der Waals surface area contributed by atoms with Crippen molar-refractivity contribution in [2.75, 3.05) is 13.7 Å². The van der Waals surface area contributed by atoms with E-state index in [1.165, 1.54) is 7.11 Å². The monoisotopic (exact) mass is 128 g/mol. The maximum absolute atomic E-state index is 4.83. The molecule has 52 valence electrons. The van der Waals surface area contributed by atoms with E-state index in [2.05, 4.69) is 23.9 Å². The van der Waals surface area contributed by atoms with E-state index >= 15 is 0 Å². The van der Waals surface area contributed by atoms with Crippen LogP contribution in [-0.2, 0) is 9.47 Å². The van der Waals surface area contributed by atoms with E-state index in [0.29, 0.717) is 6.61 Å². The quantitative estimate of drug-likeness (QED) is 0.422. The van der Waals surface area contributed by atoms with Crippen LogP contribution in [0.2, 0.25) is 0 Å². The minimum Gasteiger partial charge on any atom is -0.448 e. The van der Waals surface area contributed by atoms with Gasteiger partial charge in [0.2, 0.25) is 0 Å². The highest BCUT2D eigenvalue weighted by Crippen LogP contribution is 1.85. The Labute approximate surface area is 56.2 Å². The molecule has 0 rings (SSSR count). The first-order valence-electron chi connectivity index (χ1n) is 3.06. The summed E-state index contributed by atoms with van der Waals surface area (Å²) in [6, 6.07) is 0. The zero-order valence-corrected chi connectivity index (χ0v) is 5.94. The highest BCUT2D eigenvalue weighted by molar-refractivity contribution is 4.79. The molecule has 0 saturated heterocycles. The van der Waals surface area contributed by atoms with Crippen LogP contribution < -0.4 is 0 Å². The molecule has 0 unspecified atom stereocenters. The van der Waals surface area contributed by atoms with Crippen molar-refractivity contribution in [3.05, 3.63) is 0 Å². The van der Waals surface area contributed by atoms with E-state index in [9.17, 15) is 0 Å². The smallest absolute Gasteiger partial charge is 0.154 e. The van der Waals surface area contributed by atoms with Gasteiger partial charge in [0, 0.05) is 0 Å². The molecule has 0 heterocycles. The lowest BCUT2D eigenvalue weighted by atomic mass is 10.4. The van der Waals surface area contributed by atoms with E-state index in [0.717, 1.165) is 12.8 Å². The number of ether oxygens (including phenoxy) is 2. The minimum atomic E-state index is 0.701. The molecule has 0 aromatic heterocycles. The second kappa shape index (κ2) is 7.16. The molecule has 0 bridgehead atoms. The molecule has 0 saturated carbocycles. The van der Waals surface area contributed by atoms with Gasteiger partial charge in [0.25, 0.3) is 0 Å². The molecular formula is C7H12O2. The lowest BCUT2D eigenvalue weighted by molar-refractivity contribution is 0.261. The minimum absolute atomic E-state index is 0.701. The molecular weight excluding hydrogens is 116 g/mol. The predicted molar refractivity (Wildman–Crippen MR) is 35.6 cm³/mol. The largest absolute Gasteiger partial charge is 0.448 e. The summed E-state index contributed by atoms with van der Waals surface area (Å²) in [5, 5.41) is 0. The maximum Gasteiger partial charge on any atom is 0.154 e. The predicted octanol–water partition coefficient (Wildman–Crippen LogP) is 1.37. The summed E-state index contributed by atoms with van der Waals surface area (Å²) in [5.41, 5.74) is 0. The maximum atomic E-state index is 4.83. The summed E-state index contributed by atoms with van der Waals surface area (Å²) in [7, 11) is 1.51. The third kappa shape index (κ3) is 7.16. The van der Waals surface area contributed by atoms with Gasteiger partial charge in [-0.3, -0.25) is 0 Å². The highest BCUT2D eigenvalue weighted by Gasteiger charge is 1.78. The van der Waals surface area contributed by atoms with E-state index in [1.807, 2.05) is 0 Å². The molecule has 0 fully saturated rings. The van der Waals surface area contributed by atoms with Crippen molar-refractivity contribution in [2.45, 2.75) is 19.8 Å². The van der Waals surface area contributed by atoms with Gasteiger partial charge in [-0.1, -0.05) is 13.3 Å². The summed E-state index contributed by atoms with van der Waals surface area (Å²) in [6.45, 7) is 2.81. The molecule has 0 aliphatic heterocycles. The molecule has 0 aromatic carbocycles. The van der Waals surface area contributed by atoms with Gasteiger partial charge in [-0.2, -0.15) is 0 Å². The summed E-state index contributed by atoms with van der Waals surface area (Å²) in [4.78, 5) is 0. The molecule has 0 radical (unpaired) electrons. The summed E-state index contributed by atoms with van der Waals surface area (Å²) >= 11 is 0. The lowest BCUT2D eigenvalue weighted by Gasteiger charge is -1.91. The van der Waals surface area contributed by atoms with Crippen molar-refractivity contribution in [1.29, 1.82) is 0 Å². The van der Waals surface area contributed by atoms with Crippen LogP contribution in [-0.4, -0.2) is 13.7 Å². The van der Waals surface area contributed by atoms with E-state index < -0.39 is 0 Å². The van der Waals surface area contributed by atoms with Gasteiger partial charge in [-0.25, -0.2) is 0 Å². The zero-order chi connectivity index (χ0) is 6.95. The Bertz CT molecular complexity index is 99.2. The van der Waals surface area contributed by atoms with Gasteiger partial charge >= 0.3 is 0 Å². The average molecular weight is 128 g/mol. The molecule has 0 aliphatic carbocycles. The molecule has 0 aromatic rings. The van der Waals surface area contributed by atoms with Crippen molar-refractivity contribution in [1.82, 2.24) is 0 Å². The van der Waals surface area contributed by atoms with E-state index in [-0.39, 0.29) is 0 Å². The second-order valence-corrected chi connectivity index (χ2v) is 1.61. The van der Waals surface area contributed by atoms with Gasteiger partial charge in [-0.15, -0.1) is 0 Å². The molecule has 0 amide bonds. The molecule has 0 spiro atoms. The normalized spacial score (nSPS) is 7.33. The third-order valence-electron chi connectivity index (χ3n) is 0.816. The van der Waals surface area contributed by atoms with Crippen LogP contribution in [0.1, 0.15) is 19.8 Å². The Morgan fingerprint density at radius 3 is 2.67 bits per heavy atom. The van der Waals surface area contributed by atoms with Crippen molar-refractivity contribution >= 4 is 0 Å². The first-order chi connectivity index (χ1) is 4.41. The summed E-state index contributed by atoms with van der Waals surface area (Å²) in [5.74, 6) is 0. The Morgan fingerprint density at radius 1 is 1.33 bits per heavy atom. The van der Waals surface area contributed by atoms with Gasteiger partial charge in [0.15, 0.2) is 12.2 Å². The fourth-order valence-electron chi connectivity index (χ4n) is 0.339. The third-order valence-corrected chi connectivity index (χ3v) is 0.816. The SMILES string of the molecule is CCCCOC#COC. The van der Waals surface area contributed by atoms with Gasteiger partial charge in [-0.05, 0) is 6.42 Å². The molecule has 0 N–H and O–H groups in total. The van der Waals surface area contributed by atoms with Crippen LogP contribution in [0.5, 0.6) is 0 Å². The number of methoxy groups -OCH3 is 1. The number of unbranched alkanes of at least 4 members (excludes halogenated alkanes) is 1. The van der Waals surface area contributed by atoms with Crippen molar-refractivity contribution in [2.24, 2.45) is 0 Å². The number of rotatable bonds is 3. The van der Waals surface area contributed by atoms with Crippen LogP contribution in [0.25, 0.3) is 0 Å². The van der Waals surface area contributed by atoms with Crippen molar-refractivity contribution in [3.8, 4) is 12.2 Å². The standard InChI is InChI=1S/C7H12O2/c1-3-4-5-9-7-6-8-2/h3-5H2,1-2H3. The van der Waals surface area contributed by atoms with E-state index in [1.54, 1.807) is 0 Å². The zero-order valence-electron chi connectivity index (χ0n) is 5.94. The van der Waals surface area contributed by atoms with Crippen LogP contribution >= 0.6 is 0 Å². The van der Waals surface area contributed by atoms with E-state index in [4.69, 9.17) is 4.74 Å². The Hall–Kier alpha value is -0.840. The molecule has 0 aliphatic rings. The van der Waals surface area contributed by atoms with Crippen molar-refractivity contribution < 1.29 is 9.47 Å². The van der Waals surface area contributed by atoms with Crippen molar-refractivity contribution in [3.63, 3.8) is 0 Å².